The first-order valence-electron chi connectivity index (χ1n) is 7.06. The van der Waals surface area contributed by atoms with Crippen molar-refractivity contribution in [3.63, 3.8) is 0 Å². The van der Waals surface area contributed by atoms with Crippen LogP contribution in [0.3, 0.4) is 0 Å². The summed E-state index contributed by atoms with van der Waals surface area (Å²) in [5.41, 5.74) is 0.162. The van der Waals surface area contributed by atoms with Gasteiger partial charge in [-0.05, 0) is 26.0 Å². The second-order valence-electron chi connectivity index (χ2n) is 5.90. The molecule has 126 valence electrons. The quantitative estimate of drug-likeness (QED) is 0.822. The fraction of sp³-hybridized carbons (Fsp3) is 0.267. The minimum absolute atomic E-state index is 0.0918. The molecule has 2 amide bonds. The molecule has 1 aliphatic heterocycles. The topological polar surface area (TPSA) is 87.5 Å². The number of amides is 2. The number of carbonyl (C=O) groups excluding carboxylic acids is 1. The SMILES string of the molecule is CC1(C)c2nn(C(=O)O)cc2CN1C(=O)Nc1c(F)cccc1Cl. The van der Waals surface area contributed by atoms with Gasteiger partial charge in [-0.25, -0.2) is 14.0 Å². The van der Waals surface area contributed by atoms with Crippen LogP contribution in [-0.4, -0.2) is 31.9 Å². The minimum Gasteiger partial charge on any atom is -0.463 e. The molecule has 0 radical (unpaired) electrons. The number of rotatable bonds is 1. The second-order valence-corrected chi connectivity index (χ2v) is 6.31. The fourth-order valence-corrected chi connectivity index (χ4v) is 2.96. The first-order chi connectivity index (χ1) is 11.2. The van der Waals surface area contributed by atoms with E-state index in [2.05, 4.69) is 10.4 Å². The smallest absolute Gasteiger partial charge is 0.432 e. The van der Waals surface area contributed by atoms with Crippen LogP contribution in [0.25, 0.3) is 0 Å². The number of para-hydroxylation sites is 1. The number of nitrogens with zero attached hydrogens (tertiary/aromatic N) is 3. The molecule has 0 atom stereocenters. The summed E-state index contributed by atoms with van der Waals surface area (Å²) in [4.78, 5) is 25.0. The van der Waals surface area contributed by atoms with Gasteiger partial charge in [-0.2, -0.15) is 9.78 Å². The highest BCUT2D eigenvalue weighted by Gasteiger charge is 2.43. The fourth-order valence-electron chi connectivity index (χ4n) is 2.75. The van der Waals surface area contributed by atoms with E-state index in [0.29, 0.717) is 11.3 Å². The van der Waals surface area contributed by atoms with Crippen LogP contribution in [0.2, 0.25) is 5.02 Å². The number of hydrogen-bond acceptors (Lipinski definition) is 3. The van der Waals surface area contributed by atoms with Gasteiger partial charge < -0.3 is 15.3 Å². The van der Waals surface area contributed by atoms with Gasteiger partial charge in [0, 0.05) is 11.8 Å². The standard InChI is InChI=1S/C15H14ClFN4O3/c1-15(2)12-8(7-21(19-12)14(23)24)6-20(15)13(22)18-11-9(16)4-3-5-10(11)17/h3-5,7H,6H2,1-2H3,(H,18,22)(H,23,24). The highest BCUT2D eigenvalue weighted by atomic mass is 35.5. The van der Waals surface area contributed by atoms with E-state index in [1.54, 1.807) is 13.8 Å². The lowest BCUT2D eigenvalue weighted by molar-refractivity contribution is 0.153. The van der Waals surface area contributed by atoms with Crippen LogP contribution >= 0.6 is 11.6 Å². The van der Waals surface area contributed by atoms with Gasteiger partial charge in [0.25, 0.3) is 0 Å². The molecule has 0 saturated carbocycles. The Morgan fingerprint density at radius 2 is 2.12 bits per heavy atom. The monoisotopic (exact) mass is 352 g/mol. The van der Waals surface area contributed by atoms with E-state index in [4.69, 9.17) is 16.7 Å². The zero-order valence-corrected chi connectivity index (χ0v) is 13.6. The molecule has 0 bridgehead atoms. The summed E-state index contributed by atoms with van der Waals surface area (Å²) in [5, 5.41) is 15.6. The van der Waals surface area contributed by atoms with E-state index < -0.39 is 23.5 Å². The molecule has 0 aliphatic carbocycles. The molecule has 7 nitrogen and oxygen atoms in total. The molecule has 0 saturated heterocycles. The van der Waals surface area contributed by atoms with Crippen LogP contribution in [0.1, 0.15) is 25.1 Å². The number of fused-ring (bicyclic) bond motifs is 1. The van der Waals surface area contributed by atoms with E-state index in [9.17, 15) is 14.0 Å². The summed E-state index contributed by atoms with van der Waals surface area (Å²) in [5.74, 6) is -0.637. The van der Waals surface area contributed by atoms with Gasteiger partial charge >= 0.3 is 12.1 Å². The van der Waals surface area contributed by atoms with Gasteiger partial charge in [-0.3, -0.25) is 0 Å². The normalized spacial score (nSPS) is 15.2. The van der Waals surface area contributed by atoms with Gasteiger partial charge in [-0.15, -0.1) is 0 Å². The largest absolute Gasteiger partial charge is 0.463 e. The molecule has 3 rings (SSSR count). The zero-order chi connectivity index (χ0) is 17.6. The van der Waals surface area contributed by atoms with Crippen LogP contribution in [0.15, 0.2) is 24.4 Å². The highest BCUT2D eigenvalue weighted by Crippen LogP contribution is 2.38. The Hall–Kier alpha value is -2.61. The van der Waals surface area contributed by atoms with E-state index in [1.165, 1.54) is 29.3 Å². The third kappa shape index (κ3) is 2.48. The number of urea groups is 1. The number of nitrogens with one attached hydrogen (secondary N) is 1. The predicted molar refractivity (Wildman–Crippen MR) is 84.6 cm³/mol. The molecule has 1 aromatic heterocycles. The van der Waals surface area contributed by atoms with Crippen molar-refractivity contribution in [2.45, 2.75) is 25.9 Å². The summed E-state index contributed by atoms with van der Waals surface area (Å²) in [6, 6.07) is 3.56. The lowest BCUT2D eigenvalue weighted by Gasteiger charge is -2.31. The lowest BCUT2D eigenvalue weighted by Crippen LogP contribution is -2.43. The number of anilines is 1. The Kier molecular flexibility index (Phi) is 3.71. The van der Waals surface area contributed by atoms with Gasteiger partial charge in [-0.1, -0.05) is 17.7 Å². The molecule has 2 N–H and O–H groups in total. The van der Waals surface area contributed by atoms with Crippen LogP contribution in [-0.2, 0) is 12.1 Å². The molecule has 2 heterocycles. The van der Waals surface area contributed by atoms with E-state index in [-0.39, 0.29) is 17.3 Å². The van der Waals surface area contributed by atoms with Crippen molar-refractivity contribution in [3.8, 4) is 0 Å². The summed E-state index contributed by atoms with van der Waals surface area (Å²) in [6.07, 6.45) is 0.164. The lowest BCUT2D eigenvalue weighted by atomic mass is 10.0. The number of halogens is 2. The predicted octanol–water partition coefficient (Wildman–Crippen LogP) is 3.48. The summed E-state index contributed by atoms with van der Waals surface area (Å²) in [7, 11) is 0. The summed E-state index contributed by atoms with van der Waals surface area (Å²) >= 11 is 5.92. The van der Waals surface area contributed by atoms with E-state index in [1.807, 2.05) is 0 Å². The number of carbonyl (C=O) groups is 2. The maximum Gasteiger partial charge on any atom is 0.432 e. The summed E-state index contributed by atoms with van der Waals surface area (Å²) < 4.78 is 14.7. The molecule has 0 spiro atoms. The van der Waals surface area contributed by atoms with Gasteiger partial charge in [0.05, 0.1) is 28.5 Å². The Morgan fingerprint density at radius 3 is 2.71 bits per heavy atom. The van der Waals surface area contributed by atoms with Crippen LogP contribution < -0.4 is 5.32 Å². The Bertz CT molecular complexity index is 829. The molecule has 0 unspecified atom stereocenters. The third-order valence-electron chi connectivity index (χ3n) is 4.01. The molecule has 0 fully saturated rings. The zero-order valence-electron chi connectivity index (χ0n) is 12.9. The highest BCUT2D eigenvalue weighted by molar-refractivity contribution is 6.33. The molecular formula is C15H14ClFN4O3. The van der Waals surface area contributed by atoms with Crippen molar-refractivity contribution < 1.29 is 19.1 Å². The summed E-state index contributed by atoms with van der Waals surface area (Å²) in [6.45, 7) is 3.63. The van der Waals surface area contributed by atoms with Crippen molar-refractivity contribution in [3.05, 3.63) is 46.5 Å². The molecule has 24 heavy (non-hydrogen) atoms. The first-order valence-corrected chi connectivity index (χ1v) is 7.44. The average Bonchev–Trinajstić information content (AvgIpc) is 3.02. The van der Waals surface area contributed by atoms with Crippen molar-refractivity contribution in [2.24, 2.45) is 0 Å². The van der Waals surface area contributed by atoms with Crippen LogP contribution in [0.4, 0.5) is 19.7 Å². The molecule has 9 heteroatoms. The van der Waals surface area contributed by atoms with Crippen molar-refractivity contribution in [1.82, 2.24) is 14.7 Å². The Balaban J connectivity index is 1.87. The number of aromatic nitrogens is 2. The number of hydrogen-bond donors (Lipinski definition) is 2. The molecular weight excluding hydrogens is 339 g/mol. The number of benzene rings is 1. The average molecular weight is 353 g/mol. The minimum atomic E-state index is -1.20. The van der Waals surface area contributed by atoms with E-state index >= 15 is 0 Å². The molecule has 1 aromatic carbocycles. The Morgan fingerprint density at radius 1 is 1.42 bits per heavy atom. The van der Waals surface area contributed by atoms with Crippen molar-refractivity contribution >= 4 is 29.4 Å². The van der Waals surface area contributed by atoms with Crippen LogP contribution in [0.5, 0.6) is 0 Å². The maximum atomic E-state index is 13.8. The van der Waals surface area contributed by atoms with E-state index in [0.717, 1.165) is 4.68 Å². The second kappa shape index (κ2) is 5.48. The Labute approximate surface area is 141 Å². The van der Waals surface area contributed by atoms with Gasteiger partial charge in [0.15, 0.2) is 0 Å². The van der Waals surface area contributed by atoms with Gasteiger partial charge in [0.1, 0.15) is 5.82 Å². The molecule has 2 aromatic rings. The van der Waals surface area contributed by atoms with Crippen LogP contribution in [0, 0.1) is 5.82 Å². The third-order valence-corrected chi connectivity index (χ3v) is 4.32. The van der Waals surface area contributed by atoms with Crippen molar-refractivity contribution in [2.75, 3.05) is 5.32 Å². The van der Waals surface area contributed by atoms with Crippen molar-refractivity contribution in [1.29, 1.82) is 0 Å². The number of carboxylic acid groups (broad SMARTS) is 1. The first kappa shape index (κ1) is 16.3. The maximum absolute atomic E-state index is 13.8. The van der Waals surface area contributed by atoms with Gasteiger partial charge in [0.2, 0.25) is 0 Å². The molecule has 1 aliphatic rings.